The second-order valence-corrected chi connectivity index (χ2v) is 5.97. The van der Waals surface area contributed by atoms with Crippen LogP contribution in [0, 0.1) is 0 Å². The van der Waals surface area contributed by atoms with Gasteiger partial charge in [0.15, 0.2) is 0 Å². The van der Waals surface area contributed by atoms with E-state index >= 15 is 0 Å². The molecule has 168 valence electrons. The normalized spacial score (nSPS) is 15.0. The summed E-state index contributed by atoms with van der Waals surface area (Å²) in [6.45, 7) is 0. The number of fused-ring (bicyclic) bond motifs is 1. The van der Waals surface area contributed by atoms with E-state index in [0.717, 1.165) is 23.2 Å². The first kappa shape index (κ1) is 23.8. The maximum Gasteiger partial charge on any atom is 0.460 e. The summed E-state index contributed by atoms with van der Waals surface area (Å²) in [5, 5.41) is -1.65. The van der Waals surface area contributed by atoms with Gasteiger partial charge in [0.05, 0.1) is 0 Å². The van der Waals surface area contributed by atoms with Crippen molar-refractivity contribution in [3.05, 3.63) is 46.4 Å². The molecule has 2 nitrogen and oxygen atoms in total. The molecule has 1 aromatic carbocycles. The van der Waals surface area contributed by atoms with E-state index in [1.165, 1.54) is 0 Å². The smallest absolute Gasteiger partial charge is 0.320 e. The Hall–Kier alpha value is -2.48. The molecule has 0 saturated heterocycles. The lowest BCUT2D eigenvalue weighted by Crippen LogP contribution is -2.69. The third kappa shape index (κ3) is 3.00. The van der Waals surface area contributed by atoms with Crippen LogP contribution in [0.1, 0.15) is 5.69 Å². The van der Waals surface area contributed by atoms with Gasteiger partial charge in [-0.1, -0.05) is 24.3 Å². The van der Waals surface area contributed by atoms with Crippen LogP contribution in [0.15, 0.2) is 35.1 Å². The number of nitrogens with one attached hydrogen (secondary N) is 1. The quantitative estimate of drug-likeness (QED) is 0.566. The van der Waals surface area contributed by atoms with Gasteiger partial charge in [-0.05, 0) is 5.39 Å². The lowest BCUT2D eigenvalue weighted by atomic mass is 9.91. The number of alkyl halides is 13. The number of H-pyrrole nitrogens is 1. The van der Waals surface area contributed by atoms with Crippen LogP contribution >= 0.6 is 0 Å². The van der Waals surface area contributed by atoms with E-state index in [1.807, 2.05) is 0 Å². The number of benzene rings is 1. The Bertz CT molecular complexity index is 1010. The van der Waals surface area contributed by atoms with Crippen molar-refractivity contribution < 1.29 is 57.1 Å². The zero-order valence-electron chi connectivity index (χ0n) is 13.7. The largest absolute Gasteiger partial charge is 0.460 e. The maximum atomic E-state index is 14.3. The SMILES string of the molecule is O=c1cc2ccccc2c(C(F)(F)C(F)(F)C(F)(F)C(F)(F)C(F)(F)C(F)(F)F)[nH]1. The van der Waals surface area contributed by atoms with Gasteiger partial charge in [0.1, 0.15) is 5.69 Å². The van der Waals surface area contributed by atoms with Crippen molar-refractivity contribution >= 4 is 10.8 Å². The fourth-order valence-corrected chi connectivity index (χ4v) is 2.39. The molecule has 0 amide bonds. The molecule has 0 spiro atoms. The molecule has 1 heterocycles. The first-order valence-electron chi connectivity index (χ1n) is 7.32. The average molecular weight is 463 g/mol. The fraction of sp³-hybridized carbons (Fsp3) is 0.400. The zero-order valence-corrected chi connectivity index (χ0v) is 13.7. The van der Waals surface area contributed by atoms with Gasteiger partial charge in [-0.15, -0.1) is 0 Å². The predicted molar refractivity (Wildman–Crippen MR) is 74.3 cm³/mol. The molecule has 0 saturated carbocycles. The second-order valence-electron chi connectivity index (χ2n) is 5.97. The number of halogens is 13. The molecule has 30 heavy (non-hydrogen) atoms. The van der Waals surface area contributed by atoms with E-state index in [1.54, 1.807) is 0 Å². The third-order valence-electron chi connectivity index (χ3n) is 4.01. The van der Waals surface area contributed by atoms with E-state index in [2.05, 4.69) is 0 Å². The van der Waals surface area contributed by atoms with Crippen molar-refractivity contribution in [1.82, 2.24) is 4.98 Å². The van der Waals surface area contributed by atoms with Crippen molar-refractivity contribution in [3.63, 3.8) is 0 Å². The van der Waals surface area contributed by atoms with Crippen molar-refractivity contribution in [2.24, 2.45) is 0 Å². The second kappa shape index (κ2) is 6.51. The van der Waals surface area contributed by atoms with E-state index in [9.17, 15) is 61.9 Å². The standard InChI is InChI=1S/C15H6F13NO/c16-10(17,9-7-4-2-1-3-6(7)5-8(30)29-9)11(18,19)12(20,21)13(22,23)14(24,25)15(26,27)28/h1-5H,(H,29,30). The van der Waals surface area contributed by atoms with Crippen LogP contribution < -0.4 is 5.56 Å². The Labute approximate surface area is 156 Å². The minimum absolute atomic E-state index is 0.525. The van der Waals surface area contributed by atoms with Gasteiger partial charge in [0.25, 0.3) is 0 Å². The Morgan fingerprint density at radius 3 is 1.60 bits per heavy atom. The first-order chi connectivity index (χ1) is 13.2. The predicted octanol–water partition coefficient (Wildman–Crippen LogP) is 5.72. The summed E-state index contributed by atoms with van der Waals surface area (Å²) in [4.78, 5) is 12.4. The van der Waals surface area contributed by atoms with Crippen LogP contribution in [-0.4, -0.2) is 34.9 Å². The number of rotatable bonds is 5. The highest BCUT2D eigenvalue weighted by Crippen LogP contribution is 2.62. The summed E-state index contributed by atoms with van der Waals surface area (Å²) in [6.07, 6.45) is -7.49. The van der Waals surface area contributed by atoms with Crippen LogP contribution in [0.2, 0.25) is 0 Å². The molecule has 0 atom stereocenters. The highest BCUT2D eigenvalue weighted by atomic mass is 19.4. The Morgan fingerprint density at radius 1 is 0.633 bits per heavy atom. The van der Waals surface area contributed by atoms with Crippen molar-refractivity contribution in [2.75, 3.05) is 0 Å². The van der Waals surface area contributed by atoms with E-state index in [-0.39, 0.29) is 0 Å². The molecule has 1 aromatic heterocycles. The van der Waals surface area contributed by atoms with E-state index in [0.29, 0.717) is 12.1 Å². The Balaban J connectivity index is 2.77. The highest BCUT2D eigenvalue weighted by Gasteiger charge is 2.91. The first-order valence-corrected chi connectivity index (χ1v) is 7.32. The van der Waals surface area contributed by atoms with E-state index in [4.69, 9.17) is 0 Å². The molecule has 0 unspecified atom stereocenters. The molecule has 15 heteroatoms. The summed E-state index contributed by atoms with van der Waals surface area (Å²) in [5.41, 5.74) is -3.99. The molecule has 0 aliphatic carbocycles. The number of aromatic nitrogens is 1. The monoisotopic (exact) mass is 463 g/mol. The minimum Gasteiger partial charge on any atom is -0.320 e. The number of hydrogen-bond donors (Lipinski definition) is 1. The maximum absolute atomic E-state index is 14.3. The van der Waals surface area contributed by atoms with E-state index < -0.39 is 57.8 Å². The average Bonchev–Trinajstić information content (AvgIpc) is 2.59. The molecular weight excluding hydrogens is 457 g/mol. The van der Waals surface area contributed by atoms with Crippen molar-refractivity contribution in [1.29, 1.82) is 0 Å². The molecule has 0 radical (unpaired) electrons. The summed E-state index contributed by atoms with van der Waals surface area (Å²) in [6, 6.07) is 3.90. The molecular formula is C15H6F13NO. The molecule has 1 N–H and O–H groups in total. The Kier molecular flexibility index (Phi) is 5.16. The lowest BCUT2D eigenvalue weighted by Gasteiger charge is -2.39. The molecule has 2 rings (SSSR count). The van der Waals surface area contributed by atoms with Crippen LogP contribution in [-0.2, 0) is 5.92 Å². The van der Waals surface area contributed by atoms with Gasteiger partial charge >= 0.3 is 35.8 Å². The highest BCUT2D eigenvalue weighted by molar-refractivity contribution is 5.85. The summed E-state index contributed by atoms with van der Waals surface area (Å²) < 4.78 is 172. The lowest BCUT2D eigenvalue weighted by molar-refractivity contribution is -0.441. The van der Waals surface area contributed by atoms with Gasteiger partial charge in [-0.3, -0.25) is 4.79 Å². The molecule has 0 aliphatic heterocycles. The van der Waals surface area contributed by atoms with Gasteiger partial charge in [-0.2, -0.15) is 57.1 Å². The molecule has 0 fully saturated rings. The molecule has 0 aliphatic rings. The topological polar surface area (TPSA) is 32.9 Å². The third-order valence-corrected chi connectivity index (χ3v) is 4.01. The number of aromatic amines is 1. The molecule has 2 aromatic rings. The van der Waals surface area contributed by atoms with Gasteiger partial charge in [0.2, 0.25) is 5.56 Å². The van der Waals surface area contributed by atoms with Gasteiger partial charge < -0.3 is 4.98 Å². The van der Waals surface area contributed by atoms with Gasteiger partial charge in [-0.25, -0.2) is 0 Å². The summed E-state index contributed by atoms with van der Waals surface area (Å²) in [7, 11) is 0. The minimum atomic E-state index is -8.00. The van der Waals surface area contributed by atoms with Crippen LogP contribution in [0.3, 0.4) is 0 Å². The van der Waals surface area contributed by atoms with Gasteiger partial charge in [0, 0.05) is 11.5 Å². The number of pyridine rings is 1. The van der Waals surface area contributed by atoms with Crippen LogP contribution in [0.5, 0.6) is 0 Å². The summed E-state index contributed by atoms with van der Waals surface area (Å²) in [5.74, 6) is -37.8. The molecule has 0 bridgehead atoms. The number of hydrogen-bond acceptors (Lipinski definition) is 1. The zero-order chi connectivity index (χ0) is 23.6. The van der Waals surface area contributed by atoms with Crippen molar-refractivity contribution in [3.8, 4) is 0 Å². The fourth-order valence-electron chi connectivity index (χ4n) is 2.39. The Morgan fingerprint density at radius 2 is 1.10 bits per heavy atom. The van der Waals surface area contributed by atoms with Crippen LogP contribution in [0.25, 0.3) is 10.8 Å². The van der Waals surface area contributed by atoms with Crippen molar-refractivity contribution in [2.45, 2.75) is 35.8 Å². The summed E-state index contributed by atoms with van der Waals surface area (Å²) >= 11 is 0. The van der Waals surface area contributed by atoms with Crippen LogP contribution in [0.4, 0.5) is 57.1 Å².